The first-order valence-electron chi connectivity index (χ1n) is 8.90. The maximum atomic E-state index is 13.6. The fraction of sp³-hybridized carbons (Fsp3) is 0.421. The molecule has 0 aliphatic carbocycles. The van der Waals surface area contributed by atoms with E-state index in [4.69, 9.17) is 14.4 Å². The van der Waals surface area contributed by atoms with Crippen LogP contribution in [0.15, 0.2) is 34.9 Å². The van der Waals surface area contributed by atoms with Crippen molar-refractivity contribution in [3.63, 3.8) is 0 Å². The molecule has 1 aliphatic rings. The summed E-state index contributed by atoms with van der Waals surface area (Å²) in [4.78, 5) is 25.3. The van der Waals surface area contributed by atoms with Crippen LogP contribution in [0.1, 0.15) is 48.4 Å². The van der Waals surface area contributed by atoms with Gasteiger partial charge in [0.25, 0.3) is 5.91 Å². The van der Waals surface area contributed by atoms with Gasteiger partial charge in [0.1, 0.15) is 6.61 Å². The van der Waals surface area contributed by atoms with Crippen molar-refractivity contribution in [3.05, 3.63) is 47.6 Å². The zero-order valence-electron chi connectivity index (χ0n) is 14.8. The Morgan fingerprint density at radius 1 is 1.33 bits per heavy atom. The molecular weight excluding hydrogens is 355 g/mol. The van der Waals surface area contributed by atoms with Gasteiger partial charge in [0.05, 0.1) is 0 Å². The Bertz CT molecular complexity index is 807. The molecule has 2 aromatic rings. The molecule has 0 radical (unpaired) electrons. The molecule has 1 aliphatic heterocycles. The van der Waals surface area contributed by atoms with Crippen molar-refractivity contribution in [1.82, 2.24) is 10.1 Å². The Morgan fingerprint density at radius 3 is 2.93 bits per heavy atom. The number of hydrogen-bond acceptors (Lipinski definition) is 5. The minimum Gasteiger partial charge on any atom is -0.482 e. The highest BCUT2D eigenvalue weighted by Crippen LogP contribution is 2.23. The number of carbonyl (C=O) groups excluding carboxylic acids is 1. The molecule has 0 bridgehead atoms. The zero-order chi connectivity index (χ0) is 19.2. The standard InChI is InChI=1S/C19H21FN2O5/c20-15-6-1-2-7-17(15)26-12-14-11-16(21-27-14)19(25)22-10-4-3-5-13(22)8-9-18(23)24/h1-2,6-7,11,13H,3-5,8-10,12H2,(H,23,24). The first-order valence-corrected chi connectivity index (χ1v) is 8.90. The van der Waals surface area contributed by atoms with Crippen molar-refractivity contribution in [1.29, 1.82) is 0 Å². The van der Waals surface area contributed by atoms with E-state index in [1.807, 2.05) is 0 Å². The van der Waals surface area contributed by atoms with Crippen LogP contribution in [0.4, 0.5) is 4.39 Å². The number of carboxylic acid groups (broad SMARTS) is 1. The number of aliphatic carboxylic acids is 1. The van der Waals surface area contributed by atoms with Crippen molar-refractivity contribution in [2.75, 3.05) is 6.54 Å². The van der Waals surface area contributed by atoms with Gasteiger partial charge in [-0.25, -0.2) is 4.39 Å². The summed E-state index contributed by atoms with van der Waals surface area (Å²) in [5.74, 6) is -1.25. The number of rotatable bonds is 7. The van der Waals surface area contributed by atoms with E-state index in [-0.39, 0.29) is 36.4 Å². The minimum atomic E-state index is -0.873. The number of benzene rings is 1. The van der Waals surface area contributed by atoms with Gasteiger partial charge < -0.3 is 19.3 Å². The zero-order valence-corrected chi connectivity index (χ0v) is 14.8. The van der Waals surface area contributed by atoms with Crippen molar-refractivity contribution < 1.29 is 28.3 Å². The number of likely N-dealkylation sites (tertiary alicyclic amines) is 1. The molecule has 1 saturated heterocycles. The number of piperidine rings is 1. The summed E-state index contributed by atoms with van der Waals surface area (Å²) >= 11 is 0. The fourth-order valence-electron chi connectivity index (χ4n) is 3.20. The van der Waals surface area contributed by atoms with Gasteiger partial charge in [0.15, 0.2) is 23.0 Å². The number of para-hydroxylation sites is 1. The molecule has 144 valence electrons. The topological polar surface area (TPSA) is 92.9 Å². The van der Waals surface area contributed by atoms with E-state index in [0.29, 0.717) is 18.7 Å². The third-order valence-electron chi connectivity index (χ3n) is 4.56. The summed E-state index contributed by atoms with van der Waals surface area (Å²) in [6.07, 6.45) is 3.06. The number of amides is 1. The van der Waals surface area contributed by atoms with Gasteiger partial charge in [-0.1, -0.05) is 17.3 Å². The number of ether oxygens (including phenoxy) is 1. The van der Waals surface area contributed by atoms with Crippen LogP contribution in [0, 0.1) is 5.82 Å². The summed E-state index contributed by atoms with van der Waals surface area (Å²) in [6.45, 7) is 0.515. The highest BCUT2D eigenvalue weighted by Gasteiger charge is 2.29. The lowest BCUT2D eigenvalue weighted by Crippen LogP contribution is -2.44. The quantitative estimate of drug-likeness (QED) is 0.797. The van der Waals surface area contributed by atoms with Crippen molar-refractivity contribution >= 4 is 11.9 Å². The number of carboxylic acids is 1. The van der Waals surface area contributed by atoms with E-state index in [9.17, 15) is 14.0 Å². The van der Waals surface area contributed by atoms with Gasteiger partial charge in [-0.2, -0.15) is 0 Å². The van der Waals surface area contributed by atoms with Crippen LogP contribution < -0.4 is 4.74 Å². The summed E-state index contributed by atoms with van der Waals surface area (Å²) in [6, 6.07) is 7.37. The van der Waals surface area contributed by atoms with Crippen LogP contribution in [0.25, 0.3) is 0 Å². The normalized spacial score (nSPS) is 16.9. The average Bonchev–Trinajstić information content (AvgIpc) is 3.14. The van der Waals surface area contributed by atoms with Gasteiger partial charge in [-0.3, -0.25) is 9.59 Å². The van der Waals surface area contributed by atoms with Gasteiger partial charge in [-0.15, -0.1) is 0 Å². The maximum absolute atomic E-state index is 13.6. The van der Waals surface area contributed by atoms with E-state index in [1.165, 1.54) is 18.2 Å². The van der Waals surface area contributed by atoms with Crippen molar-refractivity contribution in [2.24, 2.45) is 0 Å². The monoisotopic (exact) mass is 376 g/mol. The maximum Gasteiger partial charge on any atom is 0.303 e. The van der Waals surface area contributed by atoms with E-state index < -0.39 is 11.8 Å². The lowest BCUT2D eigenvalue weighted by Gasteiger charge is -2.35. The lowest BCUT2D eigenvalue weighted by atomic mass is 9.97. The number of carbonyl (C=O) groups is 2. The van der Waals surface area contributed by atoms with Crippen molar-refractivity contribution in [2.45, 2.75) is 44.8 Å². The van der Waals surface area contributed by atoms with Crippen LogP contribution in [0.2, 0.25) is 0 Å². The fourth-order valence-corrected chi connectivity index (χ4v) is 3.20. The molecule has 1 amide bonds. The first kappa shape index (κ1) is 18.9. The van der Waals surface area contributed by atoms with Crippen LogP contribution in [0.3, 0.4) is 0 Å². The molecule has 1 fully saturated rings. The lowest BCUT2D eigenvalue weighted by molar-refractivity contribution is -0.137. The smallest absolute Gasteiger partial charge is 0.303 e. The molecule has 7 nitrogen and oxygen atoms in total. The van der Waals surface area contributed by atoms with E-state index in [2.05, 4.69) is 5.16 Å². The van der Waals surface area contributed by atoms with Crippen LogP contribution >= 0.6 is 0 Å². The number of aromatic nitrogens is 1. The Labute approximate surface area is 155 Å². The second-order valence-corrected chi connectivity index (χ2v) is 6.48. The van der Waals surface area contributed by atoms with E-state index >= 15 is 0 Å². The summed E-state index contributed by atoms with van der Waals surface area (Å²) in [7, 11) is 0. The van der Waals surface area contributed by atoms with Crippen LogP contribution in [0.5, 0.6) is 5.75 Å². The third-order valence-corrected chi connectivity index (χ3v) is 4.56. The molecule has 1 N–H and O–H groups in total. The molecular formula is C19H21FN2O5. The molecule has 3 rings (SSSR count). The third kappa shape index (κ3) is 4.84. The van der Waals surface area contributed by atoms with Gasteiger partial charge in [0.2, 0.25) is 0 Å². The first-order chi connectivity index (χ1) is 13.0. The Balaban J connectivity index is 1.63. The Kier molecular flexibility index (Phi) is 6.05. The van der Waals surface area contributed by atoms with Gasteiger partial charge in [-0.05, 0) is 37.8 Å². The molecule has 0 spiro atoms. The predicted octanol–water partition coefficient (Wildman–Crippen LogP) is 3.25. The average molecular weight is 376 g/mol. The summed E-state index contributed by atoms with van der Waals surface area (Å²) < 4.78 is 24.0. The predicted molar refractivity (Wildman–Crippen MR) is 92.8 cm³/mol. The highest BCUT2D eigenvalue weighted by molar-refractivity contribution is 5.92. The summed E-state index contributed by atoms with van der Waals surface area (Å²) in [5, 5.41) is 12.7. The molecule has 27 heavy (non-hydrogen) atoms. The minimum absolute atomic E-state index is 0.0228. The molecule has 1 aromatic heterocycles. The molecule has 1 unspecified atom stereocenters. The van der Waals surface area contributed by atoms with E-state index in [1.54, 1.807) is 17.0 Å². The van der Waals surface area contributed by atoms with Crippen molar-refractivity contribution in [3.8, 4) is 5.75 Å². The van der Waals surface area contributed by atoms with Gasteiger partial charge >= 0.3 is 5.97 Å². The Hall–Kier alpha value is -2.90. The second kappa shape index (κ2) is 8.66. The number of halogens is 1. The van der Waals surface area contributed by atoms with Crippen LogP contribution in [-0.2, 0) is 11.4 Å². The molecule has 8 heteroatoms. The number of hydrogen-bond donors (Lipinski definition) is 1. The second-order valence-electron chi connectivity index (χ2n) is 6.48. The number of nitrogens with zero attached hydrogens (tertiary/aromatic N) is 2. The van der Waals surface area contributed by atoms with E-state index in [0.717, 1.165) is 19.3 Å². The SMILES string of the molecule is O=C(O)CCC1CCCCN1C(=O)c1cc(COc2ccccc2F)on1. The van der Waals surface area contributed by atoms with Gasteiger partial charge in [0, 0.05) is 25.1 Å². The molecule has 1 aromatic carbocycles. The molecule has 1 atom stereocenters. The summed E-state index contributed by atoms with van der Waals surface area (Å²) in [5.41, 5.74) is 0.143. The molecule has 2 heterocycles. The highest BCUT2D eigenvalue weighted by atomic mass is 19.1. The largest absolute Gasteiger partial charge is 0.482 e. The Morgan fingerprint density at radius 2 is 2.15 bits per heavy atom. The van der Waals surface area contributed by atoms with Crippen LogP contribution in [-0.4, -0.2) is 39.6 Å². The molecule has 0 saturated carbocycles.